The number of hydrogen-bond donors (Lipinski definition) is 4. The summed E-state index contributed by atoms with van der Waals surface area (Å²) in [6.45, 7) is 8.69. The topological polar surface area (TPSA) is 67.1 Å². The third kappa shape index (κ3) is 6.13. The van der Waals surface area contributed by atoms with Crippen LogP contribution in [0.1, 0.15) is 20.3 Å². The second kappa shape index (κ2) is 10.1. The first-order chi connectivity index (χ1) is 12.4. The zero-order valence-corrected chi connectivity index (χ0v) is 16.8. The number of amides is 2. The number of nitrogens with one attached hydrogen (secondary N) is 4. The Kier molecular flexibility index (Phi) is 8.15. The maximum Gasteiger partial charge on any atom is 0.282 e. The Labute approximate surface area is 164 Å². The lowest BCUT2D eigenvalue weighted by Crippen LogP contribution is -3.30. The van der Waals surface area contributed by atoms with Crippen LogP contribution in [0.15, 0.2) is 18.2 Å². The highest BCUT2D eigenvalue weighted by atomic mass is 35.5. The van der Waals surface area contributed by atoms with E-state index in [0.29, 0.717) is 22.3 Å². The van der Waals surface area contributed by atoms with Gasteiger partial charge in [-0.15, -0.1) is 0 Å². The Balaban J connectivity index is 1.80. The summed E-state index contributed by atoms with van der Waals surface area (Å²) in [4.78, 5) is 26.9. The molecule has 1 aromatic rings. The average Bonchev–Trinajstić information content (AvgIpc) is 2.62. The molecular weight excluding hydrogens is 375 g/mol. The van der Waals surface area contributed by atoms with E-state index >= 15 is 0 Å². The van der Waals surface area contributed by atoms with E-state index in [2.05, 4.69) is 10.6 Å². The maximum atomic E-state index is 12.5. The lowest BCUT2D eigenvalue weighted by Gasteiger charge is -2.32. The van der Waals surface area contributed by atoms with Crippen LogP contribution in [0.4, 0.5) is 5.69 Å². The lowest BCUT2D eigenvalue weighted by molar-refractivity contribution is -1.01. The number of rotatable bonds is 7. The fraction of sp³-hybridized carbons (Fsp3) is 0.556. The van der Waals surface area contributed by atoms with Crippen molar-refractivity contribution in [2.24, 2.45) is 0 Å². The Morgan fingerprint density at radius 3 is 2.50 bits per heavy atom. The molecule has 2 amide bonds. The van der Waals surface area contributed by atoms with Gasteiger partial charge in [-0.2, -0.15) is 0 Å². The van der Waals surface area contributed by atoms with Crippen molar-refractivity contribution in [1.29, 1.82) is 0 Å². The SMILES string of the molecule is CCCNC(=O)C[NH+]1CC[NH+]([C@@H](C)C(=O)Nc2ccc(Cl)cc2Cl)CC1. The molecule has 0 aliphatic carbocycles. The van der Waals surface area contributed by atoms with Crippen molar-refractivity contribution >= 4 is 40.7 Å². The van der Waals surface area contributed by atoms with Gasteiger partial charge in [0.05, 0.1) is 10.7 Å². The second-order valence-corrected chi connectivity index (χ2v) is 7.61. The van der Waals surface area contributed by atoms with Crippen molar-refractivity contribution in [2.75, 3.05) is 44.6 Å². The minimum absolute atomic E-state index is 0.0617. The summed E-state index contributed by atoms with van der Waals surface area (Å²) in [7, 11) is 0. The van der Waals surface area contributed by atoms with Crippen molar-refractivity contribution < 1.29 is 19.4 Å². The van der Waals surface area contributed by atoms with Crippen LogP contribution in [-0.4, -0.2) is 57.1 Å². The van der Waals surface area contributed by atoms with Crippen LogP contribution in [0.2, 0.25) is 10.0 Å². The number of carbonyl (C=O) groups excluding carboxylic acids is 2. The molecule has 144 valence electrons. The maximum absolute atomic E-state index is 12.5. The van der Waals surface area contributed by atoms with Crippen LogP contribution in [0.5, 0.6) is 0 Å². The van der Waals surface area contributed by atoms with Crippen LogP contribution in [0.25, 0.3) is 0 Å². The highest BCUT2D eigenvalue weighted by molar-refractivity contribution is 6.36. The van der Waals surface area contributed by atoms with E-state index in [4.69, 9.17) is 23.2 Å². The molecule has 2 rings (SSSR count). The van der Waals surface area contributed by atoms with Crippen molar-refractivity contribution in [3.05, 3.63) is 28.2 Å². The Morgan fingerprint density at radius 1 is 1.19 bits per heavy atom. The fourth-order valence-electron chi connectivity index (χ4n) is 3.11. The van der Waals surface area contributed by atoms with Crippen LogP contribution in [0.3, 0.4) is 0 Å². The van der Waals surface area contributed by atoms with E-state index in [1.54, 1.807) is 18.2 Å². The van der Waals surface area contributed by atoms with Gasteiger partial charge in [-0.25, -0.2) is 0 Å². The molecule has 1 saturated heterocycles. The third-order valence-corrected chi connectivity index (χ3v) is 5.32. The van der Waals surface area contributed by atoms with Gasteiger partial charge in [0.15, 0.2) is 12.6 Å². The van der Waals surface area contributed by atoms with Gasteiger partial charge in [0.1, 0.15) is 26.2 Å². The molecule has 4 N–H and O–H groups in total. The number of benzene rings is 1. The summed E-state index contributed by atoms with van der Waals surface area (Å²) in [6, 6.07) is 4.84. The van der Waals surface area contributed by atoms with Gasteiger partial charge < -0.3 is 20.4 Å². The van der Waals surface area contributed by atoms with E-state index in [1.165, 1.54) is 9.80 Å². The quantitative estimate of drug-likeness (QED) is 0.502. The van der Waals surface area contributed by atoms with Gasteiger partial charge in [0.2, 0.25) is 0 Å². The summed E-state index contributed by atoms with van der Waals surface area (Å²) >= 11 is 12.0. The number of quaternary nitrogens is 2. The molecule has 6 nitrogen and oxygen atoms in total. The molecular formula is C18H28Cl2N4O2+2. The zero-order valence-electron chi connectivity index (χ0n) is 15.3. The lowest BCUT2D eigenvalue weighted by atomic mass is 10.2. The highest BCUT2D eigenvalue weighted by Crippen LogP contribution is 2.25. The molecule has 1 heterocycles. The predicted molar refractivity (Wildman–Crippen MR) is 104 cm³/mol. The van der Waals surface area contributed by atoms with Crippen molar-refractivity contribution in [3.63, 3.8) is 0 Å². The van der Waals surface area contributed by atoms with Gasteiger partial charge >= 0.3 is 0 Å². The van der Waals surface area contributed by atoms with E-state index < -0.39 is 0 Å². The average molecular weight is 403 g/mol. The molecule has 0 spiro atoms. The number of carbonyl (C=O) groups is 2. The van der Waals surface area contributed by atoms with Gasteiger partial charge in [-0.3, -0.25) is 9.59 Å². The van der Waals surface area contributed by atoms with E-state index in [1.807, 2.05) is 13.8 Å². The standard InChI is InChI=1S/C18H26Cl2N4O2/c1-3-6-21-17(25)12-23-7-9-24(10-8-23)13(2)18(26)22-16-5-4-14(19)11-15(16)20/h4-5,11,13H,3,6-10,12H2,1-2H3,(H,21,25)(H,22,26)/p+2/t13-/m0/s1. The molecule has 0 unspecified atom stereocenters. The normalized spacial score (nSPS) is 21.1. The van der Waals surface area contributed by atoms with Crippen molar-refractivity contribution in [1.82, 2.24) is 5.32 Å². The van der Waals surface area contributed by atoms with Crippen LogP contribution in [0, 0.1) is 0 Å². The van der Waals surface area contributed by atoms with Gasteiger partial charge in [0.25, 0.3) is 11.8 Å². The predicted octanol–water partition coefficient (Wildman–Crippen LogP) is -0.370. The largest absolute Gasteiger partial charge is 0.351 e. The Hall–Kier alpha value is -1.34. The molecule has 1 aliphatic rings. The van der Waals surface area contributed by atoms with Gasteiger partial charge in [0, 0.05) is 11.6 Å². The summed E-state index contributed by atoms with van der Waals surface area (Å²) in [5, 5.41) is 6.76. The van der Waals surface area contributed by atoms with Crippen LogP contribution >= 0.6 is 23.2 Å². The molecule has 26 heavy (non-hydrogen) atoms. The van der Waals surface area contributed by atoms with Gasteiger partial charge in [-0.1, -0.05) is 30.1 Å². The highest BCUT2D eigenvalue weighted by Gasteiger charge is 2.31. The third-order valence-electron chi connectivity index (χ3n) is 4.78. The number of anilines is 1. The number of hydrogen-bond acceptors (Lipinski definition) is 2. The molecule has 1 aromatic carbocycles. The minimum Gasteiger partial charge on any atom is -0.351 e. The van der Waals surface area contributed by atoms with Crippen LogP contribution < -0.4 is 20.4 Å². The number of piperazine rings is 1. The summed E-state index contributed by atoms with van der Waals surface area (Å²) < 4.78 is 0. The number of halogens is 2. The molecule has 1 aliphatic heterocycles. The second-order valence-electron chi connectivity index (χ2n) is 6.77. The summed E-state index contributed by atoms with van der Waals surface area (Å²) in [5.74, 6) is 0.0434. The molecule has 8 heteroatoms. The van der Waals surface area contributed by atoms with Crippen LogP contribution in [-0.2, 0) is 9.59 Å². The molecule has 1 fully saturated rings. The van der Waals surface area contributed by atoms with E-state index in [-0.39, 0.29) is 17.9 Å². The zero-order chi connectivity index (χ0) is 19.1. The fourth-order valence-corrected chi connectivity index (χ4v) is 3.56. The Morgan fingerprint density at radius 2 is 1.88 bits per heavy atom. The first-order valence-electron chi connectivity index (χ1n) is 9.11. The van der Waals surface area contributed by atoms with E-state index in [9.17, 15) is 9.59 Å². The Bertz CT molecular complexity index is 634. The van der Waals surface area contributed by atoms with Gasteiger partial charge in [-0.05, 0) is 31.5 Å². The van der Waals surface area contributed by atoms with Crippen molar-refractivity contribution in [3.8, 4) is 0 Å². The molecule has 1 atom stereocenters. The minimum atomic E-state index is -0.183. The molecule has 0 radical (unpaired) electrons. The summed E-state index contributed by atoms with van der Waals surface area (Å²) in [6.07, 6.45) is 0.948. The van der Waals surface area contributed by atoms with E-state index in [0.717, 1.165) is 39.1 Å². The first-order valence-corrected chi connectivity index (χ1v) is 9.87. The summed E-state index contributed by atoms with van der Waals surface area (Å²) in [5.41, 5.74) is 0.573. The molecule has 0 aromatic heterocycles. The monoisotopic (exact) mass is 402 g/mol. The molecule has 0 bridgehead atoms. The van der Waals surface area contributed by atoms with Crippen molar-refractivity contribution in [2.45, 2.75) is 26.3 Å². The first kappa shape index (κ1) is 21.0. The smallest absolute Gasteiger partial charge is 0.282 e. The molecule has 0 saturated carbocycles.